The molecule has 9 heteroatoms. The largest absolute Gasteiger partial charge is 0.365 e. The number of nitrogens with zero attached hydrogens (tertiary/aromatic N) is 2. The zero-order valence-electron chi connectivity index (χ0n) is 16.3. The minimum Gasteiger partial charge on any atom is -0.365 e. The highest BCUT2D eigenvalue weighted by atomic mass is 32.1. The molecule has 1 aliphatic carbocycles. The van der Waals surface area contributed by atoms with Crippen LogP contribution in [0, 0.1) is 5.82 Å². The van der Waals surface area contributed by atoms with Gasteiger partial charge in [0.15, 0.2) is 11.6 Å². The van der Waals surface area contributed by atoms with E-state index < -0.39 is 11.7 Å². The molecule has 3 aromatic rings. The first-order valence-electron chi connectivity index (χ1n) is 9.79. The summed E-state index contributed by atoms with van der Waals surface area (Å²) in [6.45, 7) is 0. The molecule has 6 N–H and O–H groups in total. The number of rotatable bonds is 6. The molecule has 0 saturated heterocycles. The standard InChI is InChI=1S/C21H23FN6OS/c22-15-9-14(19(24)29)20(28-21(15)27-17-5-2-1-4-16(17)23)26-13-8-12(10-25-11-13)18-6-3-7-30-18/h3,6-11,16-17H,1-2,4-5,23H2,(H2,24,29)(H2,26,27,28). The van der Waals surface area contributed by atoms with E-state index in [4.69, 9.17) is 11.5 Å². The van der Waals surface area contributed by atoms with Gasteiger partial charge in [-0.25, -0.2) is 9.37 Å². The van der Waals surface area contributed by atoms with Gasteiger partial charge in [-0.1, -0.05) is 18.9 Å². The van der Waals surface area contributed by atoms with Crippen molar-refractivity contribution in [2.75, 3.05) is 10.6 Å². The van der Waals surface area contributed by atoms with Crippen LogP contribution in [0.4, 0.5) is 21.7 Å². The van der Waals surface area contributed by atoms with Gasteiger partial charge < -0.3 is 22.1 Å². The quantitative estimate of drug-likeness (QED) is 0.475. The molecule has 4 rings (SSSR count). The highest BCUT2D eigenvalue weighted by molar-refractivity contribution is 7.13. The molecule has 0 spiro atoms. The minimum absolute atomic E-state index is 0.0347. The summed E-state index contributed by atoms with van der Waals surface area (Å²) in [5, 5.41) is 8.15. The summed E-state index contributed by atoms with van der Waals surface area (Å²) in [5.74, 6) is -1.20. The van der Waals surface area contributed by atoms with Crippen LogP contribution in [0.2, 0.25) is 0 Å². The average Bonchev–Trinajstić information content (AvgIpc) is 3.27. The maximum atomic E-state index is 14.6. The van der Waals surface area contributed by atoms with Gasteiger partial charge in [0.25, 0.3) is 5.91 Å². The number of primary amides is 1. The maximum absolute atomic E-state index is 14.6. The SMILES string of the molecule is NC(=O)c1cc(F)c(NC2CCCCC2N)nc1Nc1cncc(-c2cccs2)c1. The van der Waals surface area contributed by atoms with E-state index >= 15 is 0 Å². The van der Waals surface area contributed by atoms with E-state index in [1.54, 1.807) is 23.7 Å². The smallest absolute Gasteiger partial charge is 0.252 e. The number of hydrogen-bond acceptors (Lipinski definition) is 7. The Morgan fingerprint density at radius 3 is 2.77 bits per heavy atom. The normalized spacial score (nSPS) is 18.7. The molecular weight excluding hydrogens is 403 g/mol. The summed E-state index contributed by atoms with van der Waals surface area (Å²) in [5.41, 5.74) is 13.1. The van der Waals surface area contributed by atoms with E-state index in [1.807, 2.05) is 23.6 Å². The summed E-state index contributed by atoms with van der Waals surface area (Å²) in [7, 11) is 0. The predicted octanol–water partition coefficient (Wildman–Crippen LogP) is 3.87. The van der Waals surface area contributed by atoms with E-state index in [9.17, 15) is 9.18 Å². The Hall–Kier alpha value is -3.04. The van der Waals surface area contributed by atoms with Crippen LogP contribution in [0.1, 0.15) is 36.0 Å². The number of carbonyl (C=O) groups excluding carboxylic acids is 1. The number of pyridine rings is 2. The van der Waals surface area contributed by atoms with Crippen molar-refractivity contribution < 1.29 is 9.18 Å². The highest BCUT2D eigenvalue weighted by Crippen LogP contribution is 2.29. The van der Waals surface area contributed by atoms with Crippen molar-refractivity contribution in [1.82, 2.24) is 9.97 Å². The summed E-state index contributed by atoms with van der Waals surface area (Å²) >= 11 is 1.59. The van der Waals surface area contributed by atoms with Crippen molar-refractivity contribution >= 4 is 34.6 Å². The molecule has 0 bridgehead atoms. The van der Waals surface area contributed by atoms with Crippen molar-refractivity contribution in [3.05, 3.63) is 53.4 Å². The second kappa shape index (κ2) is 8.76. The van der Waals surface area contributed by atoms with Gasteiger partial charge >= 0.3 is 0 Å². The molecule has 1 saturated carbocycles. The summed E-state index contributed by atoms with van der Waals surface area (Å²) in [4.78, 5) is 21.5. The van der Waals surface area contributed by atoms with Crippen LogP contribution in [0.5, 0.6) is 0 Å². The van der Waals surface area contributed by atoms with Gasteiger partial charge in [0.05, 0.1) is 17.4 Å². The molecule has 7 nitrogen and oxygen atoms in total. The van der Waals surface area contributed by atoms with Crippen molar-refractivity contribution in [2.24, 2.45) is 11.5 Å². The third-order valence-corrected chi connectivity index (χ3v) is 6.11. The van der Waals surface area contributed by atoms with Gasteiger partial charge in [-0.3, -0.25) is 9.78 Å². The van der Waals surface area contributed by atoms with Crippen molar-refractivity contribution in [2.45, 2.75) is 37.8 Å². The Morgan fingerprint density at radius 1 is 1.20 bits per heavy atom. The van der Waals surface area contributed by atoms with E-state index in [2.05, 4.69) is 20.6 Å². The Balaban J connectivity index is 1.64. The third-order valence-electron chi connectivity index (χ3n) is 5.19. The van der Waals surface area contributed by atoms with Gasteiger partial charge in [-0.15, -0.1) is 11.3 Å². The zero-order chi connectivity index (χ0) is 21.1. The molecule has 1 amide bonds. The van der Waals surface area contributed by atoms with Gasteiger partial charge in [0.1, 0.15) is 5.82 Å². The van der Waals surface area contributed by atoms with Crippen LogP contribution < -0.4 is 22.1 Å². The summed E-state index contributed by atoms with van der Waals surface area (Å²) < 4.78 is 14.6. The second-order valence-electron chi connectivity index (χ2n) is 7.34. The fraction of sp³-hybridized carbons (Fsp3) is 0.286. The number of halogens is 1. The van der Waals surface area contributed by atoms with E-state index in [1.165, 1.54) is 0 Å². The Bertz CT molecular complexity index is 1040. The molecule has 2 atom stereocenters. The van der Waals surface area contributed by atoms with Crippen LogP contribution in [0.15, 0.2) is 42.0 Å². The molecule has 0 radical (unpaired) electrons. The third kappa shape index (κ3) is 4.42. The van der Waals surface area contributed by atoms with Crippen molar-refractivity contribution in [3.8, 4) is 10.4 Å². The number of nitrogens with one attached hydrogen (secondary N) is 2. The lowest BCUT2D eigenvalue weighted by Crippen LogP contribution is -2.43. The minimum atomic E-state index is -0.771. The monoisotopic (exact) mass is 426 g/mol. The van der Waals surface area contributed by atoms with Gasteiger partial charge in [-0.05, 0) is 36.4 Å². The van der Waals surface area contributed by atoms with Crippen molar-refractivity contribution in [3.63, 3.8) is 0 Å². The Kier molecular flexibility index (Phi) is 5.91. The predicted molar refractivity (Wildman–Crippen MR) is 117 cm³/mol. The highest BCUT2D eigenvalue weighted by Gasteiger charge is 2.24. The van der Waals surface area contributed by atoms with E-state index in [0.29, 0.717) is 5.69 Å². The van der Waals surface area contributed by atoms with Gasteiger partial charge in [0.2, 0.25) is 0 Å². The Morgan fingerprint density at radius 2 is 2.03 bits per heavy atom. The number of nitrogens with two attached hydrogens (primary N) is 2. The topological polar surface area (TPSA) is 119 Å². The zero-order valence-corrected chi connectivity index (χ0v) is 17.1. The van der Waals surface area contributed by atoms with Crippen LogP contribution in [0.3, 0.4) is 0 Å². The maximum Gasteiger partial charge on any atom is 0.252 e. The molecule has 3 heterocycles. The lowest BCUT2D eigenvalue weighted by Gasteiger charge is -2.30. The fourth-order valence-electron chi connectivity index (χ4n) is 3.61. The number of amides is 1. The second-order valence-corrected chi connectivity index (χ2v) is 8.29. The number of hydrogen-bond donors (Lipinski definition) is 4. The summed E-state index contributed by atoms with van der Waals surface area (Å²) in [6.07, 6.45) is 7.17. The first kappa shape index (κ1) is 20.2. The Labute approximate surface area is 177 Å². The van der Waals surface area contributed by atoms with E-state index in [-0.39, 0.29) is 29.3 Å². The van der Waals surface area contributed by atoms with Gasteiger partial charge in [0, 0.05) is 28.7 Å². The number of aromatic nitrogens is 2. The molecule has 0 aromatic carbocycles. The fourth-order valence-corrected chi connectivity index (χ4v) is 4.32. The van der Waals surface area contributed by atoms with Gasteiger partial charge in [-0.2, -0.15) is 0 Å². The molecular formula is C21H23FN6OS. The molecule has 156 valence electrons. The van der Waals surface area contributed by atoms with Crippen LogP contribution in [0.25, 0.3) is 10.4 Å². The van der Waals surface area contributed by atoms with Crippen LogP contribution in [-0.4, -0.2) is 28.0 Å². The lowest BCUT2D eigenvalue weighted by molar-refractivity contribution is 0.100. The first-order valence-corrected chi connectivity index (χ1v) is 10.7. The van der Waals surface area contributed by atoms with Crippen molar-refractivity contribution in [1.29, 1.82) is 0 Å². The molecule has 30 heavy (non-hydrogen) atoms. The molecule has 1 fully saturated rings. The molecule has 2 unspecified atom stereocenters. The molecule has 3 aromatic heterocycles. The van der Waals surface area contributed by atoms with E-state index in [0.717, 1.165) is 42.2 Å². The van der Waals surface area contributed by atoms with Crippen LogP contribution in [-0.2, 0) is 0 Å². The first-order chi connectivity index (χ1) is 14.5. The summed E-state index contributed by atoms with van der Waals surface area (Å²) in [6, 6.07) is 6.80. The molecule has 0 aliphatic heterocycles. The number of carbonyl (C=O) groups is 1. The average molecular weight is 427 g/mol. The number of thiophene rings is 1. The lowest BCUT2D eigenvalue weighted by atomic mass is 9.91. The van der Waals surface area contributed by atoms with Crippen LogP contribution >= 0.6 is 11.3 Å². The number of anilines is 3. The molecule has 1 aliphatic rings.